The molecule has 0 bridgehead atoms. The monoisotopic (exact) mass is 577 g/mol. The van der Waals surface area contributed by atoms with Crippen molar-refractivity contribution in [1.82, 2.24) is 19.7 Å². The predicted octanol–water partition coefficient (Wildman–Crippen LogP) is 4.71. The lowest BCUT2D eigenvalue weighted by Gasteiger charge is -2.43. The van der Waals surface area contributed by atoms with Gasteiger partial charge in [0.1, 0.15) is 11.5 Å². The first kappa shape index (κ1) is 27.4. The zero-order chi connectivity index (χ0) is 28.4. The van der Waals surface area contributed by atoms with Crippen LogP contribution in [0.1, 0.15) is 54.8 Å². The van der Waals surface area contributed by atoms with Crippen LogP contribution in [0.15, 0.2) is 30.6 Å². The van der Waals surface area contributed by atoms with Gasteiger partial charge in [-0.05, 0) is 80.3 Å². The van der Waals surface area contributed by atoms with E-state index >= 15 is 0 Å². The number of aryl methyl sites for hydroxylation is 1. The maximum absolute atomic E-state index is 13.5. The summed E-state index contributed by atoms with van der Waals surface area (Å²) < 4.78 is 46.7. The Morgan fingerprint density at radius 3 is 2.60 bits per heavy atom. The zero-order valence-corrected chi connectivity index (χ0v) is 23.0. The van der Waals surface area contributed by atoms with Gasteiger partial charge in [-0.15, -0.1) is 0 Å². The van der Waals surface area contributed by atoms with Crippen LogP contribution >= 0.6 is 11.6 Å². The van der Waals surface area contributed by atoms with E-state index in [2.05, 4.69) is 20.3 Å². The number of aromatic nitrogens is 3. The molecule has 3 aromatic rings. The summed E-state index contributed by atoms with van der Waals surface area (Å²) in [7, 11) is 1.25. The van der Waals surface area contributed by atoms with Crippen LogP contribution in [-0.4, -0.2) is 68.6 Å². The van der Waals surface area contributed by atoms with Crippen LogP contribution in [0.5, 0.6) is 0 Å². The van der Waals surface area contributed by atoms with Crippen molar-refractivity contribution in [1.29, 1.82) is 0 Å². The number of nitrogens with one attached hydrogen (secondary N) is 1. The van der Waals surface area contributed by atoms with Crippen molar-refractivity contribution in [3.8, 4) is 0 Å². The van der Waals surface area contributed by atoms with Crippen molar-refractivity contribution in [2.45, 2.75) is 55.8 Å². The van der Waals surface area contributed by atoms with Gasteiger partial charge in [-0.25, -0.2) is 4.98 Å². The number of amides is 1. The second-order valence-electron chi connectivity index (χ2n) is 11.4. The molecule has 1 saturated carbocycles. The van der Waals surface area contributed by atoms with E-state index in [9.17, 15) is 23.1 Å². The normalized spacial score (nSPS) is 27.8. The number of piperidine rings is 1. The molecule has 1 amide bonds. The summed E-state index contributed by atoms with van der Waals surface area (Å²) in [5.41, 5.74) is -0.100. The summed E-state index contributed by atoms with van der Waals surface area (Å²) in [6.45, 7) is 4.57. The fourth-order valence-corrected chi connectivity index (χ4v) is 6.67. The first-order chi connectivity index (χ1) is 19.0. The van der Waals surface area contributed by atoms with Crippen LogP contribution in [0.4, 0.5) is 19.0 Å². The Labute approximate surface area is 234 Å². The van der Waals surface area contributed by atoms with Crippen molar-refractivity contribution >= 4 is 34.1 Å². The average Bonchev–Trinajstić information content (AvgIpc) is 3.50. The molecule has 0 spiro atoms. The fourth-order valence-electron chi connectivity index (χ4n) is 6.34. The summed E-state index contributed by atoms with van der Waals surface area (Å²) in [6.07, 6.45) is -0.0952. The van der Waals surface area contributed by atoms with Crippen molar-refractivity contribution in [3.05, 3.63) is 52.4 Å². The number of pyridine rings is 1. The second-order valence-corrected chi connectivity index (χ2v) is 11.9. The molecular formula is C28H31ClF3N5O3. The fraction of sp³-hybridized carbons (Fsp3) is 0.536. The highest BCUT2D eigenvalue weighted by atomic mass is 35.5. The van der Waals surface area contributed by atoms with E-state index in [1.54, 1.807) is 12.3 Å². The number of carbonyl (C=O) groups is 1. The number of hydrogen-bond acceptors (Lipinski definition) is 6. The van der Waals surface area contributed by atoms with E-state index in [1.807, 2.05) is 19.1 Å². The first-order valence-electron chi connectivity index (χ1n) is 13.5. The molecule has 2 aliphatic heterocycles. The Balaban J connectivity index is 1.15. The van der Waals surface area contributed by atoms with Gasteiger partial charge in [-0.3, -0.25) is 14.4 Å². The molecule has 4 atom stereocenters. The lowest BCUT2D eigenvalue weighted by atomic mass is 9.85. The topological polar surface area (TPSA) is 92.5 Å². The van der Waals surface area contributed by atoms with Gasteiger partial charge in [0.2, 0.25) is 5.91 Å². The molecule has 6 rings (SSSR count). The smallest absolute Gasteiger partial charge is 0.389 e. The highest BCUT2D eigenvalue weighted by molar-refractivity contribution is 6.32. The number of likely N-dealkylation sites (tertiary alicyclic amines) is 1. The predicted molar refractivity (Wildman–Crippen MR) is 143 cm³/mol. The molecular weight excluding hydrogens is 547 g/mol. The SMILES string of the molecule is Cn1ncc(C2CC2C(=O)Nc2cc3cc(C4CCN(C5(C)COCC5O)CC4)c(Cl)cc3cn2)c1C(F)(F)F. The minimum absolute atomic E-state index is 0.0518. The molecule has 3 aliphatic rings. The number of nitrogens with zero attached hydrogens (tertiary/aromatic N) is 4. The number of alkyl halides is 3. The minimum atomic E-state index is -4.54. The summed E-state index contributed by atoms with van der Waals surface area (Å²) >= 11 is 6.69. The molecule has 2 saturated heterocycles. The highest BCUT2D eigenvalue weighted by Crippen LogP contribution is 2.51. The molecule has 3 fully saturated rings. The second kappa shape index (κ2) is 9.97. The number of benzene rings is 1. The molecule has 8 nitrogen and oxygen atoms in total. The summed E-state index contributed by atoms with van der Waals surface area (Å²) in [4.78, 5) is 19.6. The van der Waals surface area contributed by atoms with Crippen LogP contribution in [0, 0.1) is 5.92 Å². The van der Waals surface area contributed by atoms with Crippen LogP contribution in [-0.2, 0) is 22.8 Å². The van der Waals surface area contributed by atoms with Gasteiger partial charge in [0.25, 0.3) is 0 Å². The van der Waals surface area contributed by atoms with Gasteiger partial charge < -0.3 is 15.2 Å². The van der Waals surface area contributed by atoms with E-state index in [1.165, 1.54) is 13.2 Å². The number of ether oxygens (including phenoxy) is 1. The molecule has 2 N–H and O–H groups in total. The van der Waals surface area contributed by atoms with E-state index in [4.69, 9.17) is 16.3 Å². The van der Waals surface area contributed by atoms with Gasteiger partial charge in [-0.1, -0.05) is 11.6 Å². The number of fused-ring (bicyclic) bond motifs is 1. The summed E-state index contributed by atoms with van der Waals surface area (Å²) in [5, 5.41) is 19.3. The lowest BCUT2D eigenvalue weighted by Crippen LogP contribution is -2.56. The van der Waals surface area contributed by atoms with E-state index < -0.39 is 29.8 Å². The standard InChI is InChI=1S/C28H31ClF3N5O3/c1-27(14-40-13-23(27)38)37-5-3-15(4-6-37)18-7-16-9-24(33-11-17(16)8-22(18)29)35-26(39)20-10-19(20)21-12-34-36(2)25(21)28(30,31)32/h7-9,11-12,15,19-20,23,38H,3-6,10,13-14H2,1-2H3,(H,33,35,39). The van der Waals surface area contributed by atoms with Crippen LogP contribution < -0.4 is 5.32 Å². The van der Waals surface area contributed by atoms with Gasteiger partial charge in [0.15, 0.2) is 0 Å². The number of rotatable bonds is 5. The third-order valence-electron chi connectivity index (χ3n) is 8.90. The molecule has 214 valence electrons. The Kier molecular flexibility index (Phi) is 6.84. The van der Waals surface area contributed by atoms with Crippen molar-refractivity contribution in [2.75, 3.05) is 31.6 Å². The third kappa shape index (κ3) is 4.87. The van der Waals surface area contributed by atoms with E-state index in [0.717, 1.165) is 46.9 Å². The van der Waals surface area contributed by atoms with Crippen molar-refractivity contribution in [3.63, 3.8) is 0 Å². The van der Waals surface area contributed by atoms with Crippen LogP contribution in [0.3, 0.4) is 0 Å². The average molecular weight is 578 g/mol. The molecule has 2 aromatic heterocycles. The summed E-state index contributed by atoms with van der Waals surface area (Å²) in [5.74, 6) is -0.865. The number of aliphatic hydroxyl groups excluding tert-OH is 1. The number of halogens is 4. The van der Waals surface area contributed by atoms with Crippen LogP contribution in [0.2, 0.25) is 5.02 Å². The first-order valence-corrected chi connectivity index (χ1v) is 13.8. The Morgan fingerprint density at radius 1 is 1.18 bits per heavy atom. The number of carbonyl (C=O) groups excluding carboxylic acids is 1. The van der Waals surface area contributed by atoms with E-state index in [-0.39, 0.29) is 22.9 Å². The van der Waals surface area contributed by atoms with Gasteiger partial charge in [-0.2, -0.15) is 18.3 Å². The van der Waals surface area contributed by atoms with Gasteiger partial charge in [0.05, 0.1) is 31.1 Å². The lowest BCUT2D eigenvalue weighted by molar-refractivity contribution is -0.144. The van der Waals surface area contributed by atoms with E-state index in [0.29, 0.717) is 30.5 Å². The number of aliphatic hydroxyl groups is 1. The molecule has 1 aliphatic carbocycles. The Morgan fingerprint density at radius 2 is 1.93 bits per heavy atom. The molecule has 1 aromatic carbocycles. The Hall–Kier alpha value is -2.73. The molecule has 40 heavy (non-hydrogen) atoms. The largest absolute Gasteiger partial charge is 0.433 e. The van der Waals surface area contributed by atoms with Crippen LogP contribution in [0.25, 0.3) is 10.8 Å². The van der Waals surface area contributed by atoms with Crippen molar-refractivity contribution < 1.29 is 27.8 Å². The third-order valence-corrected chi connectivity index (χ3v) is 9.22. The quantitative estimate of drug-likeness (QED) is 0.456. The summed E-state index contributed by atoms with van der Waals surface area (Å²) in [6, 6.07) is 5.69. The molecule has 0 radical (unpaired) electrons. The van der Waals surface area contributed by atoms with Crippen molar-refractivity contribution in [2.24, 2.45) is 13.0 Å². The number of anilines is 1. The minimum Gasteiger partial charge on any atom is -0.389 e. The maximum atomic E-state index is 13.5. The van der Waals surface area contributed by atoms with Gasteiger partial charge in [0, 0.05) is 35.1 Å². The Bertz CT molecular complexity index is 1450. The highest BCUT2D eigenvalue weighted by Gasteiger charge is 2.50. The zero-order valence-electron chi connectivity index (χ0n) is 22.2. The number of hydrogen-bond donors (Lipinski definition) is 2. The molecule has 4 heterocycles. The maximum Gasteiger partial charge on any atom is 0.433 e. The molecule has 12 heteroatoms. The van der Waals surface area contributed by atoms with Gasteiger partial charge >= 0.3 is 6.18 Å². The molecule has 4 unspecified atom stereocenters.